The molecule has 4 heteroatoms. The molecule has 4 nitrogen and oxygen atoms in total. The Bertz CT molecular complexity index is 633. The molecule has 20 heavy (non-hydrogen) atoms. The zero-order valence-electron chi connectivity index (χ0n) is 11.8. The van der Waals surface area contributed by atoms with Crippen LogP contribution < -0.4 is 11.1 Å². The molecule has 0 saturated heterocycles. The van der Waals surface area contributed by atoms with Gasteiger partial charge in [0.05, 0.1) is 5.56 Å². The molecule has 2 rings (SSSR count). The van der Waals surface area contributed by atoms with E-state index in [4.69, 9.17) is 5.73 Å². The monoisotopic (exact) mass is 272 g/mol. The maximum absolute atomic E-state index is 12.3. The van der Waals surface area contributed by atoms with E-state index in [2.05, 4.69) is 5.32 Å². The van der Waals surface area contributed by atoms with E-state index in [9.17, 15) is 9.90 Å². The van der Waals surface area contributed by atoms with Crippen molar-refractivity contribution in [2.75, 3.05) is 6.54 Å². The third-order valence-electron chi connectivity index (χ3n) is 3.79. The lowest BCUT2D eigenvalue weighted by Gasteiger charge is -2.28. The van der Waals surface area contributed by atoms with E-state index in [1.165, 1.54) is 0 Å². The quantitative estimate of drug-likeness (QED) is 0.800. The summed E-state index contributed by atoms with van der Waals surface area (Å²) in [5.74, 6) is -0.292. The number of fused-ring (bicyclic) bond motifs is 1. The number of phenols is 1. The van der Waals surface area contributed by atoms with E-state index in [1.54, 1.807) is 12.1 Å². The minimum absolute atomic E-state index is 0.0103. The average molecular weight is 272 g/mol. The van der Waals surface area contributed by atoms with Crippen molar-refractivity contribution in [3.05, 3.63) is 42.0 Å². The first-order valence-corrected chi connectivity index (χ1v) is 6.74. The summed E-state index contributed by atoms with van der Waals surface area (Å²) in [6.07, 6.45) is 0.726. The highest BCUT2D eigenvalue weighted by molar-refractivity contribution is 6.03. The third-order valence-corrected chi connectivity index (χ3v) is 3.79. The van der Waals surface area contributed by atoms with Crippen molar-refractivity contribution >= 4 is 16.7 Å². The van der Waals surface area contributed by atoms with Crippen LogP contribution in [0, 0.1) is 0 Å². The maximum Gasteiger partial charge on any atom is 0.255 e. The second-order valence-electron chi connectivity index (χ2n) is 5.26. The van der Waals surface area contributed by atoms with E-state index in [-0.39, 0.29) is 17.2 Å². The predicted molar refractivity (Wildman–Crippen MR) is 80.8 cm³/mol. The molecular weight excluding hydrogens is 252 g/mol. The molecule has 106 valence electrons. The molecule has 0 fully saturated rings. The molecule has 2 aromatic rings. The number of phenolic OH excluding ortho intramolecular Hbond substituents is 1. The number of aromatic hydroxyl groups is 1. The van der Waals surface area contributed by atoms with Crippen molar-refractivity contribution in [3.63, 3.8) is 0 Å². The second kappa shape index (κ2) is 5.51. The van der Waals surface area contributed by atoms with E-state index >= 15 is 0 Å². The van der Waals surface area contributed by atoms with E-state index < -0.39 is 5.54 Å². The van der Waals surface area contributed by atoms with Gasteiger partial charge in [0, 0.05) is 17.5 Å². The number of nitrogens with one attached hydrogen (secondary N) is 1. The lowest BCUT2D eigenvalue weighted by molar-refractivity contribution is 0.0904. The Kier molecular flexibility index (Phi) is 3.95. The fourth-order valence-corrected chi connectivity index (χ4v) is 2.06. The van der Waals surface area contributed by atoms with Gasteiger partial charge in [0.2, 0.25) is 0 Å². The Hall–Kier alpha value is -2.07. The number of amides is 1. The molecule has 0 saturated carbocycles. The van der Waals surface area contributed by atoms with Crippen LogP contribution in [0.5, 0.6) is 5.75 Å². The third kappa shape index (κ3) is 2.60. The van der Waals surface area contributed by atoms with Gasteiger partial charge < -0.3 is 16.2 Å². The van der Waals surface area contributed by atoms with Crippen molar-refractivity contribution in [2.24, 2.45) is 5.73 Å². The van der Waals surface area contributed by atoms with Crippen LogP contribution in [0.4, 0.5) is 0 Å². The van der Waals surface area contributed by atoms with E-state index in [0.29, 0.717) is 11.9 Å². The van der Waals surface area contributed by atoms with Gasteiger partial charge >= 0.3 is 0 Å². The molecule has 1 amide bonds. The summed E-state index contributed by atoms with van der Waals surface area (Å²) in [5, 5.41) is 14.7. The number of hydrogen-bond acceptors (Lipinski definition) is 3. The van der Waals surface area contributed by atoms with Gasteiger partial charge in [-0.2, -0.15) is 0 Å². The molecule has 0 aliphatic carbocycles. The van der Waals surface area contributed by atoms with Crippen LogP contribution in [0.25, 0.3) is 10.8 Å². The van der Waals surface area contributed by atoms with Gasteiger partial charge in [-0.05, 0) is 24.8 Å². The molecular formula is C16H20N2O2. The van der Waals surface area contributed by atoms with Crippen LogP contribution in [-0.4, -0.2) is 23.1 Å². The molecule has 0 bridgehead atoms. The van der Waals surface area contributed by atoms with Crippen molar-refractivity contribution in [1.29, 1.82) is 0 Å². The Morgan fingerprint density at radius 1 is 1.30 bits per heavy atom. The minimum Gasteiger partial charge on any atom is -0.506 e. The van der Waals surface area contributed by atoms with E-state index in [1.807, 2.05) is 38.1 Å². The predicted octanol–water partition coefficient (Wildman–Crippen LogP) is 2.40. The van der Waals surface area contributed by atoms with Gasteiger partial charge in [0.15, 0.2) is 0 Å². The lowest BCUT2D eigenvalue weighted by Crippen LogP contribution is -2.50. The topological polar surface area (TPSA) is 75.3 Å². The summed E-state index contributed by atoms with van der Waals surface area (Å²) in [7, 11) is 0. The minimum atomic E-state index is -0.463. The van der Waals surface area contributed by atoms with Gasteiger partial charge in [-0.15, -0.1) is 0 Å². The molecule has 1 atom stereocenters. The highest BCUT2D eigenvalue weighted by atomic mass is 16.3. The summed E-state index contributed by atoms with van der Waals surface area (Å²) in [5.41, 5.74) is 5.51. The summed E-state index contributed by atoms with van der Waals surface area (Å²) in [6.45, 7) is 4.21. The zero-order valence-corrected chi connectivity index (χ0v) is 11.8. The molecule has 0 heterocycles. The van der Waals surface area contributed by atoms with Gasteiger partial charge in [0.25, 0.3) is 5.91 Å². The summed E-state index contributed by atoms with van der Waals surface area (Å²) in [4.78, 5) is 12.3. The number of carbonyl (C=O) groups is 1. The highest BCUT2D eigenvalue weighted by Crippen LogP contribution is 2.28. The average Bonchev–Trinajstić information content (AvgIpc) is 2.47. The zero-order chi connectivity index (χ0) is 14.8. The van der Waals surface area contributed by atoms with Gasteiger partial charge in [-0.3, -0.25) is 4.79 Å². The van der Waals surface area contributed by atoms with Gasteiger partial charge in [-0.1, -0.05) is 37.3 Å². The Morgan fingerprint density at radius 3 is 2.65 bits per heavy atom. The molecule has 0 radical (unpaired) electrons. The molecule has 4 N–H and O–H groups in total. The van der Waals surface area contributed by atoms with Crippen molar-refractivity contribution in [3.8, 4) is 5.75 Å². The number of benzene rings is 2. The number of hydrogen-bond donors (Lipinski definition) is 3. The van der Waals surface area contributed by atoms with Crippen LogP contribution >= 0.6 is 0 Å². The Balaban J connectivity index is 2.38. The van der Waals surface area contributed by atoms with Crippen molar-refractivity contribution in [2.45, 2.75) is 25.8 Å². The van der Waals surface area contributed by atoms with Crippen molar-refractivity contribution < 1.29 is 9.90 Å². The fraction of sp³-hybridized carbons (Fsp3) is 0.312. The molecule has 2 aromatic carbocycles. The Labute approximate surface area is 118 Å². The Morgan fingerprint density at radius 2 is 2.00 bits per heavy atom. The van der Waals surface area contributed by atoms with Crippen molar-refractivity contribution in [1.82, 2.24) is 5.32 Å². The maximum atomic E-state index is 12.3. The first kappa shape index (κ1) is 14.3. The van der Waals surface area contributed by atoms with E-state index in [0.717, 1.165) is 11.8 Å². The normalized spacial score (nSPS) is 13.9. The van der Waals surface area contributed by atoms with Crippen LogP contribution in [0.3, 0.4) is 0 Å². The molecule has 0 spiro atoms. The summed E-state index contributed by atoms with van der Waals surface area (Å²) in [6, 6.07) is 10.9. The van der Waals surface area contributed by atoms with Crippen LogP contribution in [0.1, 0.15) is 30.6 Å². The van der Waals surface area contributed by atoms with Crippen LogP contribution in [0.2, 0.25) is 0 Å². The number of carbonyl (C=O) groups excluding carboxylic acids is 1. The lowest BCUT2D eigenvalue weighted by atomic mass is 9.97. The fourth-order valence-electron chi connectivity index (χ4n) is 2.06. The standard InChI is InChI=1S/C16H20N2O2/c1-3-16(2,10-17)18-15(20)13-9-8-11-6-4-5-7-12(11)14(13)19/h4-9,19H,3,10,17H2,1-2H3,(H,18,20). The first-order valence-electron chi connectivity index (χ1n) is 6.74. The highest BCUT2D eigenvalue weighted by Gasteiger charge is 2.24. The molecule has 0 aromatic heterocycles. The second-order valence-corrected chi connectivity index (χ2v) is 5.26. The number of nitrogens with two attached hydrogens (primary N) is 1. The molecule has 0 aliphatic rings. The SMILES string of the molecule is CCC(C)(CN)NC(=O)c1ccc2ccccc2c1O. The molecule has 1 unspecified atom stereocenters. The number of rotatable bonds is 4. The first-order chi connectivity index (χ1) is 9.50. The largest absolute Gasteiger partial charge is 0.506 e. The van der Waals surface area contributed by atoms with Crippen LogP contribution in [0.15, 0.2) is 36.4 Å². The molecule has 0 aliphatic heterocycles. The smallest absolute Gasteiger partial charge is 0.255 e. The van der Waals surface area contributed by atoms with Crippen LogP contribution in [-0.2, 0) is 0 Å². The summed E-state index contributed by atoms with van der Waals surface area (Å²) >= 11 is 0. The van der Waals surface area contributed by atoms with Gasteiger partial charge in [0.1, 0.15) is 5.75 Å². The summed E-state index contributed by atoms with van der Waals surface area (Å²) < 4.78 is 0. The van der Waals surface area contributed by atoms with Gasteiger partial charge in [-0.25, -0.2) is 0 Å².